The minimum Gasteiger partial charge on any atom is -0.495 e. The zero-order valence-electron chi connectivity index (χ0n) is 19.3. The van der Waals surface area contributed by atoms with E-state index in [0.29, 0.717) is 23.2 Å². The van der Waals surface area contributed by atoms with Crippen LogP contribution in [0.15, 0.2) is 66.7 Å². The van der Waals surface area contributed by atoms with Gasteiger partial charge in [-0.1, -0.05) is 53.8 Å². The first-order valence-electron chi connectivity index (χ1n) is 11.2. The number of benzene rings is 3. The molecule has 35 heavy (non-hydrogen) atoms. The zero-order valence-corrected chi connectivity index (χ0v) is 20.1. The highest BCUT2D eigenvalue weighted by atomic mass is 32.1. The van der Waals surface area contributed by atoms with Crippen molar-refractivity contribution < 1.29 is 19.2 Å². The van der Waals surface area contributed by atoms with E-state index in [1.54, 1.807) is 7.11 Å². The van der Waals surface area contributed by atoms with Gasteiger partial charge in [0.15, 0.2) is 5.13 Å². The third kappa shape index (κ3) is 4.82. The molecule has 4 aromatic rings. The number of carbonyl (C=O) groups excluding carboxylic acids is 2. The van der Waals surface area contributed by atoms with Crippen LogP contribution in [0.4, 0.5) is 15.6 Å². The Morgan fingerprint density at radius 1 is 1.06 bits per heavy atom. The average Bonchev–Trinajstić information content (AvgIpc) is 3.50. The van der Waals surface area contributed by atoms with Gasteiger partial charge in [0.25, 0.3) is 0 Å². The van der Waals surface area contributed by atoms with Crippen molar-refractivity contribution in [1.29, 1.82) is 0 Å². The van der Waals surface area contributed by atoms with E-state index in [1.165, 1.54) is 23.3 Å². The molecule has 3 amide bonds. The van der Waals surface area contributed by atoms with Crippen LogP contribution in [0.1, 0.15) is 24.9 Å². The van der Waals surface area contributed by atoms with Crippen LogP contribution < -0.4 is 15.4 Å². The van der Waals surface area contributed by atoms with Crippen LogP contribution >= 0.6 is 11.3 Å². The lowest BCUT2D eigenvalue weighted by Gasteiger charge is -2.23. The Morgan fingerprint density at radius 2 is 1.83 bits per heavy atom. The maximum absolute atomic E-state index is 13.2. The molecule has 0 radical (unpaired) electrons. The maximum Gasteiger partial charge on any atom is 0.346 e. The van der Waals surface area contributed by atoms with Crippen molar-refractivity contribution in [3.05, 3.63) is 72.3 Å². The number of hydrogen-bond acceptors (Lipinski definition) is 6. The molecule has 5 rings (SSSR count). The number of amides is 3. The molecule has 1 aliphatic heterocycles. The number of aromatic nitrogens is 1. The van der Waals surface area contributed by atoms with Gasteiger partial charge in [0.05, 0.1) is 35.7 Å². The molecule has 2 heterocycles. The second kappa shape index (κ2) is 9.73. The monoisotopic (exact) mass is 488 g/mol. The number of hydrogen-bond donors (Lipinski definition) is 2. The molecule has 1 saturated heterocycles. The van der Waals surface area contributed by atoms with Gasteiger partial charge in [0, 0.05) is 13.3 Å². The van der Waals surface area contributed by atoms with E-state index in [1.807, 2.05) is 66.7 Å². The molecule has 3 aromatic carbocycles. The summed E-state index contributed by atoms with van der Waals surface area (Å²) in [5, 5.41) is 7.64. The van der Waals surface area contributed by atoms with Crippen molar-refractivity contribution in [3.63, 3.8) is 0 Å². The second-order valence-electron chi connectivity index (χ2n) is 8.10. The number of nitrogens with zero attached hydrogens (tertiary/aromatic N) is 2. The fraction of sp³-hybridized carbons (Fsp3) is 0.192. The van der Waals surface area contributed by atoms with Crippen LogP contribution in [-0.4, -0.2) is 35.7 Å². The van der Waals surface area contributed by atoms with E-state index in [-0.39, 0.29) is 18.0 Å². The number of anilines is 2. The lowest BCUT2D eigenvalue weighted by atomic mass is 10.0. The molecule has 1 atom stereocenters. The SMILES string of the molecule is COc1ccc(-c2ccc3nc(NC(C)=O)sc3c2)cc1NC(=O)N1OCCC1c1ccccc1. The molecule has 0 spiro atoms. The van der Waals surface area contributed by atoms with E-state index in [2.05, 4.69) is 15.6 Å². The Kier molecular flexibility index (Phi) is 6.35. The van der Waals surface area contributed by atoms with Crippen LogP contribution in [0, 0.1) is 0 Å². The highest BCUT2D eigenvalue weighted by Crippen LogP contribution is 2.36. The number of methoxy groups -OCH3 is 1. The van der Waals surface area contributed by atoms with E-state index in [9.17, 15) is 9.59 Å². The van der Waals surface area contributed by atoms with E-state index < -0.39 is 0 Å². The van der Waals surface area contributed by atoms with E-state index in [0.717, 1.165) is 33.3 Å². The van der Waals surface area contributed by atoms with Crippen molar-refractivity contribution in [1.82, 2.24) is 10.0 Å². The largest absolute Gasteiger partial charge is 0.495 e. The lowest BCUT2D eigenvalue weighted by Crippen LogP contribution is -2.33. The molecule has 1 unspecified atom stereocenters. The Morgan fingerprint density at radius 3 is 2.60 bits per heavy atom. The number of carbonyl (C=O) groups is 2. The van der Waals surface area contributed by atoms with Crippen LogP contribution in [-0.2, 0) is 9.63 Å². The number of fused-ring (bicyclic) bond motifs is 1. The van der Waals surface area contributed by atoms with Gasteiger partial charge >= 0.3 is 6.03 Å². The van der Waals surface area contributed by atoms with Gasteiger partial charge in [-0.05, 0) is 41.0 Å². The average molecular weight is 489 g/mol. The summed E-state index contributed by atoms with van der Waals surface area (Å²) in [7, 11) is 1.57. The molecule has 0 bridgehead atoms. The van der Waals surface area contributed by atoms with Gasteiger partial charge < -0.3 is 15.4 Å². The first-order chi connectivity index (χ1) is 17.0. The molecular weight excluding hydrogens is 464 g/mol. The van der Waals surface area contributed by atoms with Gasteiger partial charge in [-0.2, -0.15) is 5.06 Å². The van der Waals surface area contributed by atoms with Gasteiger partial charge in [0.2, 0.25) is 5.91 Å². The third-order valence-corrected chi connectivity index (χ3v) is 6.67. The number of ether oxygens (including phenoxy) is 1. The van der Waals surface area contributed by atoms with Crippen molar-refractivity contribution in [3.8, 4) is 16.9 Å². The lowest BCUT2D eigenvalue weighted by molar-refractivity contribution is -0.114. The maximum atomic E-state index is 13.2. The molecule has 9 heteroatoms. The molecule has 0 aliphatic carbocycles. The molecule has 1 aromatic heterocycles. The quantitative estimate of drug-likeness (QED) is 0.368. The number of rotatable bonds is 5. The third-order valence-electron chi connectivity index (χ3n) is 5.74. The smallest absolute Gasteiger partial charge is 0.346 e. The summed E-state index contributed by atoms with van der Waals surface area (Å²) in [6.07, 6.45) is 0.726. The fourth-order valence-corrected chi connectivity index (χ4v) is 5.06. The number of thiazole rings is 1. The number of nitrogens with one attached hydrogen (secondary N) is 2. The van der Waals surface area contributed by atoms with Gasteiger partial charge in [-0.3, -0.25) is 9.63 Å². The minimum absolute atomic E-state index is 0.156. The molecular formula is C26H24N4O4S. The topological polar surface area (TPSA) is 92.8 Å². The predicted octanol–water partition coefficient (Wildman–Crippen LogP) is 5.84. The zero-order chi connectivity index (χ0) is 24.4. The minimum atomic E-state index is -0.357. The fourth-order valence-electron chi connectivity index (χ4n) is 4.11. The van der Waals surface area contributed by atoms with Crippen LogP contribution in [0.25, 0.3) is 21.3 Å². The van der Waals surface area contributed by atoms with Gasteiger partial charge in [0.1, 0.15) is 5.75 Å². The van der Waals surface area contributed by atoms with E-state index >= 15 is 0 Å². The highest BCUT2D eigenvalue weighted by Gasteiger charge is 2.32. The standard InChI is InChI=1S/C26H24N4O4S/c1-16(31)27-25-28-20-10-8-19(15-24(20)35-25)18-9-11-23(33-2)21(14-18)29-26(32)30-22(12-13-34-30)17-6-4-3-5-7-17/h3-11,14-15,22H,12-13H2,1-2H3,(H,29,32)(H,27,28,31). The predicted molar refractivity (Wildman–Crippen MR) is 137 cm³/mol. The summed E-state index contributed by atoms with van der Waals surface area (Å²) >= 11 is 1.41. The summed E-state index contributed by atoms with van der Waals surface area (Å²) in [6.45, 7) is 1.93. The summed E-state index contributed by atoms with van der Waals surface area (Å²) in [5.41, 5.74) is 4.23. The summed E-state index contributed by atoms with van der Waals surface area (Å²) in [5.74, 6) is 0.390. The summed E-state index contributed by atoms with van der Waals surface area (Å²) < 4.78 is 6.45. The van der Waals surface area contributed by atoms with Gasteiger partial charge in [-0.15, -0.1) is 0 Å². The van der Waals surface area contributed by atoms with Crippen LogP contribution in [0.3, 0.4) is 0 Å². The van der Waals surface area contributed by atoms with Crippen molar-refractivity contribution in [2.45, 2.75) is 19.4 Å². The highest BCUT2D eigenvalue weighted by molar-refractivity contribution is 7.22. The van der Waals surface area contributed by atoms with Crippen molar-refractivity contribution >= 4 is 44.3 Å². The molecule has 1 fully saturated rings. The molecule has 2 N–H and O–H groups in total. The Hall–Kier alpha value is -3.95. The Labute approximate surface area is 206 Å². The van der Waals surface area contributed by atoms with E-state index in [4.69, 9.17) is 9.57 Å². The van der Waals surface area contributed by atoms with Crippen LogP contribution in [0.2, 0.25) is 0 Å². The normalized spacial score (nSPS) is 15.3. The number of urea groups is 1. The second-order valence-corrected chi connectivity index (χ2v) is 9.13. The van der Waals surface area contributed by atoms with Gasteiger partial charge in [-0.25, -0.2) is 9.78 Å². The number of hydroxylamine groups is 2. The van der Waals surface area contributed by atoms with Crippen LogP contribution in [0.5, 0.6) is 5.75 Å². The first-order valence-corrected chi connectivity index (χ1v) is 12.0. The molecule has 178 valence electrons. The Bertz CT molecular complexity index is 1390. The van der Waals surface area contributed by atoms with Crippen molar-refractivity contribution in [2.24, 2.45) is 0 Å². The summed E-state index contributed by atoms with van der Waals surface area (Å²) in [4.78, 5) is 34.6. The molecule has 0 saturated carbocycles. The first kappa shape index (κ1) is 22.8. The van der Waals surface area contributed by atoms with Crippen molar-refractivity contribution in [2.75, 3.05) is 24.4 Å². The molecule has 1 aliphatic rings. The Balaban J connectivity index is 1.41. The summed E-state index contributed by atoms with van der Waals surface area (Å²) in [6, 6.07) is 20.9. The molecule has 8 nitrogen and oxygen atoms in total.